The van der Waals surface area contributed by atoms with E-state index in [1.807, 2.05) is 0 Å². The van der Waals surface area contributed by atoms with E-state index in [9.17, 15) is 68.4 Å². The second-order valence-electron chi connectivity index (χ2n) is 15.2. The van der Waals surface area contributed by atoms with Crippen molar-refractivity contribution in [1.29, 1.82) is 0 Å². The standard InChI is InChI=1S/C39H58N12O14S/c1-18(2)31(37(63)49-26(38(64)65)12-19-14-44-22-7-4-3-6-20(19)22)51-36(62)25(13-30(56)57)48-35(61)24(9-10-29(54)55)47-34(60)23(8-5-11-43-39(41)42)46-28(53)15-45-33(59)27(16-52)50-32(58)21(40)17-66/h3-4,6-7,14,18,21,23-27,31,44,52,66H,5,8-13,15-17,40H2,1-2H3,(H,45,59)(H,46,53)(H,47,60)(H,48,61)(H,49,63)(H,50,58)(H,51,62)(H,54,55)(H,56,57)(H,64,65)(H4,41,42,43). The van der Waals surface area contributed by atoms with E-state index < -0.39 is 140 Å². The van der Waals surface area contributed by atoms with Gasteiger partial charge >= 0.3 is 17.9 Å². The Morgan fingerprint density at radius 1 is 0.727 bits per heavy atom. The van der Waals surface area contributed by atoms with Crippen LogP contribution in [0, 0.1) is 5.92 Å². The molecular formula is C39H58N12O14S. The van der Waals surface area contributed by atoms with Crippen LogP contribution >= 0.6 is 12.6 Å². The van der Waals surface area contributed by atoms with Gasteiger partial charge in [0, 0.05) is 42.2 Å². The van der Waals surface area contributed by atoms with E-state index in [1.54, 1.807) is 30.5 Å². The van der Waals surface area contributed by atoms with E-state index in [-0.39, 0.29) is 37.5 Å². The van der Waals surface area contributed by atoms with Gasteiger partial charge in [-0.15, -0.1) is 0 Å². The molecule has 0 saturated heterocycles. The van der Waals surface area contributed by atoms with Gasteiger partial charge in [-0.25, -0.2) is 4.79 Å². The first-order chi connectivity index (χ1) is 31.1. The van der Waals surface area contributed by atoms with Crippen molar-refractivity contribution in [1.82, 2.24) is 42.2 Å². The molecule has 1 heterocycles. The van der Waals surface area contributed by atoms with Crippen molar-refractivity contribution < 1.29 is 68.4 Å². The van der Waals surface area contributed by atoms with Gasteiger partial charge in [0.1, 0.15) is 36.3 Å². The van der Waals surface area contributed by atoms with Gasteiger partial charge in [0.15, 0.2) is 5.96 Å². The highest BCUT2D eigenvalue weighted by atomic mass is 32.1. The van der Waals surface area contributed by atoms with Crippen LogP contribution in [0.1, 0.15) is 51.5 Å². The summed E-state index contributed by atoms with van der Waals surface area (Å²) >= 11 is 3.89. The number of aromatic amines is 1. The number of para-hydroxylation sites is 1. The molecule has 27 heteroatoms. The van der Waals surface area contributed by atoms with E-state index in [2.05, 4.69) is 59.8 Å². The number of aromatic nitrogens is 1. The van der Waals surface area contributed by atoms with Crippen molar-refractivity contribution in [2.24, 2.45) is 28.1 Å². The molecule has 0 spiro atoms. The van der Waals surface area contributed by atoms with Crippen molar-refractivity contribution >= 4 is 88.7 Å². The molecule has 2 rings (SSSR count). The Balaban J connectivity index is 2.28. The highest BCUT2D eigenvalue weighted by molar-refractivity contribution is 7.80. The molecular weight excluding hydrogens is 893 g/mol. The summed E-state index contributed by atoms with van der Waals surface area (Å²) in [6.45, 7) is 1.30. The van der Waals surface area contributed by atoms with Crippen molar-refractivity contribution in [3.8, 4) is 0 Å². The molecule has 0 bridgehead atoms. The molecule has 0 radical (unpaired) electrons. The number of carbonyl (C=O) groups is 10. The molecule has 26 nitrogen and oxygen atoms in total. The van der Waals surface area contributed by atoms with Crippen LogP contribution in [0.3, 0.4) is 0 Å². The van der Waals surface area contributed by atoms with Crippen LogP contribution in [0.4, 0.5) is 0 Å². The van der Waals surface area contributed by atoms with Crippen LogP contribution in [0.5, 0.6) is 0 Å². The van der Waals surface area contributed by atoms with Crippen LogP contribution in [0.2, 0.25) is 0 Å². The maximum atomic E-state index is 13.7. The zero-order valence-electron chi connectivity index (χ0n) is 36.1. The first-order valence-corrected chi connectivity index (χ1v) is 21.0. The monoisotopic (exact) mass is 950 g/mol. The van der Waals surface area contributed by atoms with Crippen molar-refractivity contribution in [3.63, 3.8) is 0 Å². The largest absolute Gasteiger partial charge is 0.481 e. The Hall–Kier alpha value is -7.00. The fourth-order valence-corrected chi connectivity index (χ4v) is 6.27. The number of carbonyl (C=O) groups excluding carboxylic acids is 7. The van der Waals surface area contributed by atoms with Crippen molar-refractivity contribution in [2.75, 3.05) is 25.4 Å². The number of hydrogen-bond acceptors (Lipinski definition) is 14. The van der Waals surface area contributed by atoms with Crippen LogP contribution < -0.4 is 54.4 Å². The molecule has 1 aromatic heterocycles. The van der Waals surface area contributed by atoms with Gasteiger partial charge in [-0.2, -0.15) is 12.6 Å². The molecule has 1 aromatic carbocycles. The van der Waals surface area contributed by atoms with Gasteiger partial charge in [0.2, 0.25) is 41.4 Å². The average Bonchev–Trinajstić information content (AvgIpc) is 3.66. The minimum absolute atomic E-state index is 0.0420. The number of hydrogen-bond donors (Lipinski definition) is 16. The second-order valence-corrected chi connectivity index (χ2v) is 15.5. The van der Waals surface area contributed by atoms with Crippen molar-refractivity contribution in [3.05, 3.63) is 36.0 Å². The molecule has 364 valence electrons. The lowest BCUT2D eigenvalue weighted by atomic mass is 10.00. The number of benzene rings is 1. The number of carboxylic acid groups (broad SMARTS) is 3. The molecule has 0 aliphatic heterocycles. The Morgan fingerprint density at radius 2 is 1.32 bits per heavy atom. The normalized spacial score (nSPS) is 14.2. The Bertz CT molecular complexity index is 2100. The minimum atomic E-state index is -1.94. The van der Waals surface area contributed by atoms with Crippen molar-refractivity contribution in [2.45, 2.75) is 94.7 Å². The number of nitrogens with two attached hydrogens (primary N) is 3. The number of fused-ring (bicyclic) bond motifs is 1. The zero-order valence-corrected chi connectivity index (χ0v) is 37.0. The fraction of sp³-hybridized carbons (Fsp3) is 0.513. The number of aliphatic hydroxyl groups is 1. The second kappa shape index (κ2) is 27.4. The number of H-pyrrole nitrogens is 1. The summed E-state index contributed by atoms with van der Waals surface area (Å²) in [6.07, 6.45) is -1.14. The van der Waals surface area contributed by atoms with Crippen LogP contribution in [0.15, 0.2) is 35.5 Å². The first-order valence-electron chi connectivity index (χ1n) is 20.4. The van der Waals surface area contributed by atoms with Gasteiger partial charge in [-0.1, -0.05) is 32.0 Å². The van der Waals surface area contributed by atoms with Gasteiger partial charge in [0.05, 0.1) is 25.6 Å². The fourth-order valence-electron chi connectivity index (χ4n) is 6.10. The molecule has 7 amide bonds. The number of carboxylic acids is 3. The summed E-state index contributed by atoms with van der Waals surface area (Å²) in [4.78, 5) is 135. The lowest BCUT2D eigenvalue weighted by molar-refractivity contribution is -0.143. The number of rotatable bonds is 29. The van der Waals surface area contributed by atoms with E-state index in [4.69, 9.17) is 17.2 Å². The lowest BCUT2D eigenvalue weighted by Gasteiger charge is -2.27. The Morgan fingerprint density at radius 3 is 1.89 bits per heavy atom. The molecule has 7 unspecified atom stereocenters. The first kappa shape index (κ1) is 55.1. The number of aliphatic imine (C=N–C) groups is 1. The van der Waals surface area contributed by atoms with E-state index in [0.29, 0.717) is 5.56 Å². The van der Waals surface area contributed by atoms with Gasteiger partial charge in [0.25, 0.3) is 0 Å². The third kappa shape index (κ3) is 18.6. The van der Waals surface area contributed by atoms with Crippen LogP contribution in [-0.4, -0.2) is 158 Å². The third-order valence-corrected chi connectivity index (χ3v) is 10.0. The number of amides is 7. The van der Waals surface area contributed by atoms with E-state index in [1.165, 1.54) is 13.8 Å². The summed E-state index contributed by atoms with van der Waals surface area (Å²) < 4.78 is 0. The number of guanidine groups is 1. The Kier molecular flexibility index (Phi) is 22.8. The van der Waals surface area contributed by atoms with Gasteiger partial charge in [-0.3, -0.25) is 48.1 Å². The summed E-state index contributed by atoms with van der Waals surface area (Å²) in [7, 11) is 0. The predicted molar refractivity (Wildman–Crippen MR) is 237 cm³/mol. The lowest BCUT2D eigenvalue weighted by Crippen LogP contribution is -2.60. The third-order valence-electron chi connectivity index (χ3n) is 9.62. The number of nitrogens with one attached hydrogen (secondary N) is 8. The summed E-state index contributed by atoms with van der Waals surface area (Å²) in [5, 5.41) is 55.3. The molecule has 0 fully saturated rings. The summed E-state index contributed by atoms with van der Waals surface area (Å²) in [5.41, 5.74) is 17.6. The van der Waals surface area contributed by atoms with Crippen LogP contribution in [0.25, 0.3) is 10.9 Å². The Labute approximate surface area is 382 Å². The quantitative estimate of drug-likeness (QED) is 0.0157. The number of nitrogens with zero attached hydrogens (tertiary/aromatic N) is 1. The molecule has 7 atom stereocenters. The maximum Gasteiger partial charge on any atom is 0.326 e. The zero-order chi connectivity index (χ0) is 49.7. The molecule has 18 N–H and O–H groups in total. The van der Waals surface area contributed by atoms with Gasteiger partial charge in [-0.05, 0) is 36.8 Å². The minimum Gasteiger partial charge on any atom is -0.481 e. The molecule has 0 aliphatic carbocycles. The predicted octanol–water partition coefficient (Wildman–Crippen LogP) is -4.88. The van der Waals surface area contributed by atoms with E-state index in [0.717, 1.165) is 10.9 Å². The topological polar surface area (TPSA) is 442 Å². The maximum absolute atomic E-state index is 13.7. The number of aliphatic hydroxyl groups excluding tert-OH is 1. The molecule has 0 aliphatic rings. The average molecular weight is 951 g/mol. The summed E-state index contributed by atoms with van der Waals surface area (Å²) in [5.74, 6) is -12.8. The highest BCUT2D eigenvalue weighted by Crippen LogP contribution is 2.19. The highest BCUT2D eigenvalue weighted by Gasteiger charge is 2.35. The number of thiol groups is 1. The molecule has 66 heavy (non-hydrogen) atoms. The molecule has 0 saturated carbocycles. The van der Waals surface area contributed by atoms with Crippen LogP contribution in [-0.2, 0) is 54.4 Å². The molecule has 2 aromatic rings. The van der Waals surface area contributed by atoms with Gasteiger partial charge < -0.3 is 79.8 Å². The summed E-state index contributed by atoms with van der Waals surface area (Å²) in [6, 6.07) is -3.73. The van der Waals surface area contributed by atoms with E-state index >= 15 is 0 Å². The number of aliphatic carboxylic acids is 3. The SMILES string of the molecule is CC(C)C(NC(=O)C(CC(=O)O)NC(=O)C(CCC(=O)O)NC(=O)C(CCCN=C(N)N)NC(=O)CNC(=O)C(CO)NC(=O)C(N)CS)C(=O)NC(Cc1c[nH]c2ccccc12)C(=O)O. The smallest absolute Gasteiger partial charge is 0.326 e.